The van der Waals surface area contributed by atoms with Crippen molar-refractivity contribution in [2.45, 2.75) is 26.2 Å². The van der Waals surface area contributed by atoms with Gasteiger partial charge in [-0.25, -0.2) is 9.78 Å². The number of nitrogens with one attached hydrogen (secondary N) is 2. The van der Waals surface area contributed by atoms with Gasteiger partial charge in [0.2, 0.25) is 5.82 Å². The number of aromatic nitrogens is 2. The van der Waals surface area contributed by atoms with Gasteiger partial charge < -0.3 is 5.32 Å². The van der Waals surface area contributed by atoms with E-state index in [0.717, 1.165) is 30.5 Å². The smallest absolute Gasteiger partial charge is 0.308 e. The molecule has 1 aliphatic carbocycles. The second-order valence-corrected chi connectivity index (χ2v) is 6.71. The molecule has 2 amide bonds. The van der Waals surface area contributed by atoms with Gasteiger partial charge in [0.25, 0.3) is 5.56 Å². The molecule has 6 nitrogen and oxygen atoms in total. The Morgan fingerprint density at radius 2 is 1.93 bits per heavy atom. The molecule has 3 aromatic rings. The van der Waals surface area contributed by atoms with E-state index in [1.165, 1.54) is 21.9 Å². The summed E-state index contributed by atoms with van der Waals surface area (Å²) in [6.07, 6.45) is 6.40. The zero-order valence-electron chi connectivity index (χ0n) is 15.0. The minimum absolute atomic E-state index is 0.0110. The van der Waals surface area contributed by atoms with Crippen LogP contribution in [0.3, 0.4) is 0 Å². The second kappa shape index (κ2) is 7.07. The number of amides is 2. The van der Waals surface area contributed by atoms with Gasteiger partial charge in [-0.15, -0.1) is 0 Å². The first-order valence-corrected chi connectivity index (χ1v) is 8.95. The summed E-state index contributed by atoms with van der Waals surface area (Å²) >= 11 is 0. The Balaban J connectivity index is 1.57. The van der Waals surface area contributed by atoms with Crippen LogP contribution < -0.4 is 16.2 Å². The maximum absolute atomic E-state index is 12.8. The molecule has 0 saturated heterocycles. The number of benzene rings is 2. The number of carbonyl (C=O) groups excluding carboxylic acids is 1. The van der Waals surface area contributed by atoms with Crippen LogP contribution in [0.1, 0.15) is 23.1 Å². The van der Waals surface area contributed by atoms with E-state index in [1.54, 1.807) is 12.3 Å². The van der Waals surface area contributed by atoms with Gasteiger partial charge in [-0.2, -0.15) is 0 Å². The SMILES string of the molecule is Cc1cccc(NC(=O)Nc2nccn(-c3ccc4c(c3)CCC4)c2=O)c1. The first kappa shape index (κ1) is 17.0. The molecule has 0 aliphatic heterocycles. The Bertz CT molecular complexity index is 1070. The van der Waals surface area contributed by atoms with Gasteiger partial charge in [0.15, 0.2) is 0 Å². The summed E-state index contributed by atoms with van der Waals surface area (Å²) in [5.41, 5.74) is 4.73. The third kappa shape index (κ3) is 3.60. The minimum Gasteiger partial charge on any atom is -0.308 e. The highest BCUT2D eigenvalue weighted by Gasteiger charge is 2.14. The van der Waals surface area contributed by atoms with Crippen molar-refractivity contribution in [3.8, 4) is 5.69 Å². The van der Waals surface area contributed by atoms with Gasteiger partial charge in [0.1, 0.15) is 0 Å². The Labute approximate surface area is 156 Å². The number of nitrogens with zero attached hydrogens (tertiary/aromatic N) is 2. The lowest BCUT2D eigenvalue weighted by Gasteiger charge is -2.11. The number of fused-ring (bicyclic) bond motifs is 1. The van der Waals surface area contributed by atoms with Crippen LogP contribution in [-0.4, -0.2) is 15.6 Å². The molecular formula is C21H20N4O2. The molecule has 136 valence electrons. The van der Waals surface area contributed by atoms with Crippen LogP contribution in [0.4, 0.5) is 16.3 Å². The fraction of sp³-hybridized carbons (Fsp3) is 0.190. The Hall–Kier alpha value is -3.41. The number of anilines is 2. The zero-order valence-corrected chi connectivity index (χ0v) is 15.0. The minimum atomic E-state index is -0.503. The molecule has 27 heavy (non-hydrogen) atoms. The highest BCUT2D eigenvalue weighted by molar-refractivity contribution is 5.99. The summed E-state index contributed by atoms with van der Waals surface area (Å²) in [6.45, 7) is 1.94. The molecule has 2 aromatic carbocycles. The Morgan fingerprint density at radius 1 is 1.07 bits per heavy atom. The van der Waals surface area contributed by atoms with E-state index in [0.29, 0.717) is 5.69 Å². The van der Waals surface area contributed by atoms with Crippen molar-refractivity contribution in [3.63, 3.8) is 0 Å². The van der Waals surface area contributed by atoms with E-state index in [2.05, 4.69) is 21.7 Å². The van der Waals surface area contributed by atoms with Crippen molar-refractivity contribution in [1.29, 1.82) is 0 Å². The predicted molar refractivity (Wildman–Crippen MR) is 106 cm³/mol. The molecule has 1 aromatic heterocycles. The van der Waals surface area contributed by atoms with Crippen molar-refractivity contribution < 1.29 is 4.79 Å². The maximum atomic E-state index is 12.8. The topological polar surface area (TPSA) is 76.0 Å². The molecule has 2 N–H and O–H groups in total. The molecule has 0 radical (unpaired) electrons. The van der Waals surface area contributed by atoms with Gasteiger partial charge in [-0.1, -0.05) is 18.2 Å². The van der Waals surface area contributed by atoms with Crippen molar-refractivity contribution in [1.82, 2.24) is 9.55 Å². The van der Waals surface area contributed by atoms with Crippen LogP contribution >= 0.6 is 0 Å². The fourth-order valence-electron chi connectivity index (χ4n) is 3.40. The number of urea groups is 1. The van der Waals surface area contributed by atoms with Crippen molar-refractivity contribution >= 4 is 17.5 Å². The lowest BCUT2D eigenvalue weighted by Crippen LogP contribution is -2.28. The van der Waals surface area contributed by atoms with E-state index in [1.807, 2.05) is 37.3 Å². The fourth-order valence-corrected chi connectivity index (χ4v) is 3.40. The van der Waals surface area contributed by atoms with E-state index in [9.17, 15) is 9.59 Å². The van der Waals surface area contributed by atoms with E-state index in [4.69, 9.17) is 0 Å². The van der Waals surface area contributed by atoms with E-state index in [-0.39, 0.29) is 11.4 Å². The summed E-state index contributed by atoms with van der Waals surface area (Å²) in [5, 5.41) is 5.26. The molecule has 1 heterocycles. The van der Waals surface area contributed by atoms with Crippen LogP contribution in [0.15, 0.2) is 59.7 Å². The third-order valence-corrected chi connectivity index (χ3v) is 4.71. The first-order valence-electron chi connectivity index (χ1n) is 8.95. The first-order chi connectivity index (χ1) is 13.1. The number of aryl methyl sites for hydroxylation is 3. The maximum Gasteiger partial charge on any atom is 0.325 e. The molecular weight excluding hydrogens is 340 g/mol. The van der Waals surface area contributed by atoms with E-state index >= 15 is 0 Å². The van der Waals surface area contributed by atoms with Gasteiger partial charge >= 0.3 is 6.03 Å². The molecule has 1 aliphatic rings. The summed E-state index contributed by atoms with van der Waals surface area (Å²) in [6, 6.07) is 13.0. The van der Waals surface area contributed by atoms with Crippen LogP contribution in [0.2, 0.25) is 0 Å². The Morgan fingerprint density at radius 3 is 2.78 bits per heavy atom. The monoisotopic (exact) mass is 360 g/mol. The summed E-state index contributed by atoms with van der Waals surface area (Å²) in [4.78, 5) is 29.0. The van der Waals surface area contributed by atoms with Crippen molar-refractivity contribution in [2.75, 3.05) is 10.6 Å². The highest BCUT2D eigenvalue weighted by atomic mass is 16.2. The lowest BCUT2D eigenvalue weighted by atomic mass is 10.1. The predicted octanol–water partition coefficient (Wildman–Crippen LogP) is 3.67. The van der Waals surface area contributed by atoms with Gasteiger partial charge in [-0.3, -0.25) is 14.7 Å². The summed E-state index contributed by atoms with van der Waals surface area (Å²) in [7, 11) is 0. The molecule has 0 atom stereocenters. The molecule has 4 rings (SSSR count). The lowest BCUT2D eigenvalue weighted by molar-refractivity contribution is 0.262. The molecule has 0 unspecified atom stereocenters. The number of rotatable bonds is 3. The number of hydrogen-bond acceptors (Lipinski definition) is 3. The van der Waals surface area contributed by atoms with Crippen LogP contribution in [0.25, 0.3) is 5.69 Å². The Kier molecular flexibility index (Phi) is 4.46. The molecule has 0 fully saturated rings. The summed E-state index contributed by atoms with van der Waals surface area (Å²) < 4.78 is 1.51. The van der Waals surface area contributed by atoms with Crippen LogP contribution in [0.5, 0.6) is 0 Å². The van der Waals surface area contributed by atoms with Crippen LogP contribution in [0, 0.1) is 6.92 Å². The normalized spacial score (nSPS) is 12.5. The van der Waals surface area contributed by atoms with Gasteiger partial charge in [-0.05, 0) is 67.1 Å². The highest BCUT2D eigenvalue weighted by Crippen LogP contribution is 2.24. The average Bonchev–Trinajstić information content (AvgIpc) is 3.11. The summed E-state index contributed by atoms with van der Waals surface area (Å²) in [5.74, 6) is -0.0110. The second-order valence-electron chi connectivity index (χ2n) is 6.71. The van der Waals surface area contributed by atoms with Crippen molar-refractivity contribution in [2.24, 2.45) is 0 Å². The third-order valence-electron chi connectivity index (χ3n) is 4.71. The van der Waals surface area contributed by atoms with Gasteiger partial charge in [0.05, 0.1) is 0 Å². The quantitative estimate of drug-likeness (QED) is 0.748. The molecule has 0 spiro atoms. The molecule has 0 saturated carbocycles. The molecule has 6 heteroatoms. The van der Waals surface area contributed by atoms with E-state index < -0.39 is 6.03 Å². The number of carbonyl (C=O) groups is 1. The van der Waals surface area contributed by atoms with Crippen LogP contribution in [-0.2, 0) is 12.8 Å². The average molecular weight is 360 g/mol. The molecule has 0 bridgehead atoms. The van der Waals surface area contributed by atoms with Crippen molar-refractivity contribution in [3.05, 3.63) is 81.9 Å². The largest absolute Gasteiger partial charge is 0.325 e. The number of hydrogen-bond donors (Lipinski definition) is 2. The standard InChI is InChI=1S/C21H20N4O2/c1-14-4-2-7-17(12-14)23-21(27)24-19-20(26)25(11-10-22-19)18-9-8-15-5-3-6-16(15)13-18/h2,4,7-13H,3,5-6H2,1H3,(H2,22,23,24,27). The van der Waals surface area contributed by atoms with Gasteiger partial charge in [0, 0.05) is 23.8 Å². The zero-order chi connectivity index (χ0) is 18.8.